The number of allylic oxidation sites excluding steroid dienone is 4. The maximum atomic E-state index is 2.50. The Bertz CT molecular complexity index is 3830. The molecule has 3 aliphatic rings. The summed E-state index contributed by atoms with van der Waals surface area (Å²) in [5, 5.41) is 8.14. The summed E-state index contributed by atoms with van der Waals surface area (Å²) in [5.41, 5.74) is 19.2. The van der Waals surface area contributed by atoms with Crippen LogP contribution < -0.4 is 20.7 Å². The van der Waals surface area contributed by atoms with Crippen LogP contribution in [0.2, 0.25) is 0 Å². The van der Waals surface area contributed by atoms with Crippen LogP contribution in [-0.4, -0.2) is 12.6 Å². The zero-order valence-corrected chi connectivity index (χ0v) is 41.2. The number of rotatable bonds is 9. The summed E-state index contributed by atoms with van der Waals surface area (Å²) in [7, 11) is -2.83. The molecule has 0 spiro atoms. The third-order valence-corrected chi connectivity index (χ3v) is 21.3. The van der Waals surface area contributed by atoms with Crippen LogP contribution in [0.3, 0.4) is 0 Å². The lowest BCUT2D eigenvalue weighted by Gasteiger charge is -2.35. The molecule has 14 rings (SSSR count). The van der Waals surface area contributed by atoms with Crippen molar-refractivity contribution >= 4 is 56.2 Å². The molecule has 3 aliphatic carbocycles. The van der Waals surface area contributed by atoms with Gasteiger partial charge in [0.2, 0.25) is 0 Å². The minimum absolute atomic E-state index is 0.198. The van der Waals surface area contributed by atoms with Gasteiger partial charge in [0.05, 0.1) is 11.0 Å². The lowest BCUT2D eigenvalue weighted by molar-refractivity contribution is 0.662. The molecule has 0 N–H and O–H groups in total. The smallest absolute Gasteiger partial charge is 0.179 e. The first-order valence-electron chi connectivity index (χ1n) is 25.8. The normalized spacial score (nSPS) is 16.9. The molecule has 10 aromatic carbocycles. The molecule has 0 fully saturated rings. The van der Waals surface area contributed by atoms with Crippen molar-refractivity contribution in [2.45, 2.75) is 37.0 Å². The summed E-state index contributed by atoms with van der Waals surface area (Å²) in [6, 6.07) is 96.4. The van der Waals surface area contributed by atoms with Gasteiger partial charge in [-0.25, -0.2) is 0 Å². The van der Waals surface area contributed by atoms with E-state index in [4.69, 9.17) is 0 Å². The second-order valence-corrected chi connectivity index (χ2v) is 24.0. The van der Waals surface area contributed by atoms with E-state index in [9.17, 15) is 0 Å². The number of benzene rings is 10. The molecule has 1 heterocycles. The highest BCUT2D eigenvalue weighted by atomic mass is 28.3. The van der Waals surface area contributed by atoms with Gasteiger partial charge in [-0.15, -0.1) is 0 Å². The maximum Gasteiger partial charge on any atom is 0.179 e. The van der Waals surface area contributed by atoms with Gasteiger partial charge in [-0.2, -0.15) is 0 Å². The fourth-order valence-corrected chi connectivity index (χ4v) is 18.0. The minimum atomic E-state index is -2.83. The fourth-order valence-electron chi connectivity index (χ4n) is 13.3. The van der Waals surface area contributed by atoms with Crippen LogP contribution in [0.1, 0.15) is 69.5 Å². The molecule has 1 aromatic heterocycles. The van der Waals surface area contributed by atoms with Crippen molar-refractivity contribution in [3.8, 4) is 16.8 Å². The number of hydrogen-bond donors (Lipinski definition) is 0. The van der Waals surface area contributed by atoms with Crippen LogP contribution in [0, 0.1) is 0 Å². The molecule has 0 saturated heterocycles. The minimum Gasteiger partial charge on any atom is -0.309 e. The second kappa shape index (κ2) is 17.5. The monoisotopic (exact) mass is 935 g/mol. The number of aromatic nitrogens is 1. The Kier molecular flexibility index (Phi) is 10.4. The first-order valence-corrected chi connectivity index (χ1v) is 27.8. The predicted molar refractivity (Wildman–Crippen MR) is 305 cm³/mol. The highest BCUT2D eigenvalue weighted by Gasteiger charge is 2.42. The average molecular weight is 936 g/mol. The van der Waals surface area contributed by atoms with Crippen molar-refractivity contribution in [1.29, 1.82) is 0 Å². The van der Waals surface area contributed by atoms with Gasteiger partial charge < -0.3 is 4.57 Å². The molecule has 3 atom stereocenters. The Labute approximate surface area is 423 Å². The molecular weight excluding hydrogens is 883 g/mol. The van der Waals surface area contributed by atoms with Gasteiger partial charge >= 0.3 is 0 Å². The van der Waals surface area contributed by atoms with Crippen LogP contribution in [0.25, 0.3) is 44.2 Å². The van der Waals surface area contributed by atoms with Crippen LogP contribution in [0.15, 0.2) is 273 Å². The molecule has 72 heavy (non-hydrogen) atoms. The highest BCUT2D eigenvalue weighted by molar-refractivity contribution is 7.19. The molecule has 1 nitrogen and oxygen atoms in total. The number of para-hydroxylation sites is 1. The molecule has 0 bridgehead atoms. The van der Waals surface area contributed by atoms with Crippen LogP contribution in [0.5, 0.6) is 0 Å². The van der Waals surface area contributed by atoms with Crippen molar-refractivity contribution in [3.63, 3.8) is 0 Å². The Morgan fingerprint density at radius 2 is 0.986 bits per heavy atom. The van der Waals surface area contributed by atoms with E-state index < -0.39 is 8.07 Å². The van der Waals surface area contributed by atoms with Crippen molar-refractivity contribution in [1.82, 2.24) is 4.57 Å². The van der Waals surface area contributed by atoms with Gasteiger partial charge in [0.1, 0.15) is 0 Å². The molecular formula is C70H53NSi. The summed E-state index contributed by atoms with van der Waals surface area (Å²) in [6.07, 6.45) is 8.13. The largest absolute Gasteiger partial charge is 0.309 e. The van der Waals surface area contributed by atoms with E-state index in [0.29, 0.717) is 11.8 Å². The standard InChI is InChI=1S/C70H53NSi/c1-5-19-48(20-6-1)45-53-46-52-34-33-51(47-65(52)60-28-14-13-27-59(53)60)49-35-39-57(40-36-49)72(55-23-9-3-10-24-55,56-25-11-4-12-26-56)58-41-37-54(38-42-58)71-66-32-18-17-31-63(66)70-67(71)44-43-64-68(50-21-7-2-8-22-50)61-29-15-16-30-62(61)69(64)70/h1-44,51,53,68H,45-47H2. The van der Waals surface area contributed by atoms with E-state index in [2.05, 4.69) is 272 Å². The van der Waals surface area contributed by atoms with Gasteiger partial charge in [0.25, 0.3) is 0 Å². The number of fused-ring (bicyclic) bond motifs is 9. The summed E-state index contributed by atoms with van der Waals surface area (Å²) < 4.78 is 2.50. The van der Waals surface area contributed by atoms with Crippen molar-refractivity contribution < 1.29 is 0 Å². The summed E-state index contributed by atoms with van der Waals surface area (Å²) in [5.74, 6) is 0.995. The first-order chi connectivity index (χ1) is 35.7. The molecule has 0 amide bonds. The van der Waals surface area contributed by atoms with Gasteiger partial charge in [-0.3, -0.25) is 0 Å². The summed E-state index contributed by atoms with van der Waals surface area (Å²) >= 11 is 0. The van der Waals surface area contributed by atoms with E-state index >= 15 is 0 Å². The lowest BCUT2D eigenvalue weighted by atomic mass is 9.71. The third-order valence-electron chi connectivity index (χ3n) is 16.5. The highest BCUT2D eigenvalue weighted by Crippen LogP contribution is 2.53. The van der Waals surface area contributed by atoms with E-state index in [0.717, 1.165) is 19.3 Å². The van der Waals surface area contributed by atoms with Crippen molar-refractivity contribution in [2.24, 2.45) is 0 Å². The first kappa shape index (κ1) is 42.6. The number of nitrogens with zero attached hydrogens (tertiary/aromatic N) is 1. The Balaban J connectivity index is 0.860. The molecule has 3 unspecified atom stereocenters. The summed E-state index contributed by atoms with van der Waals surface area (Å²) in [4.78, 5) is 0. The van der Waals surface area contributed by atoms with Gasteiger partial charge in [0.15, 0.2) is 8.07 Å². The van der Waals surface area contributed by atoms with Crippen molar-refractivity contribution in [2.75, 3.05) is 0 Å². The van der Waals surface area contributed by atoms with E-state index in [1.54, 1.807) is 0 Å². The lowest BCUT2D eigenvalue weighted by Crippen LogP contribution is -2.74. The predicted octanol–water partition coefficient (Wildman–Crippen LogP) is 14.5. The Hall–Kier alpha value is -8.30. The average Bonchev–Trinajstić information content (AvgIpc) is 3.98. The maximum absolute atomic E-state index is 2.83. The molecule has 11 aromatic rings. The number of hydrogen-bond acceptors (Lipinski definition) is 0. The van der Waals surface area contributed by atoms with Gasteiger partial charge in [-0.1, -0.05) is 243 Å². The van der Waals surface area contributed by atoms with Crippen LogP contribution in [-0.2, 0) is 6.42 Å². The quantitative estimate of drug-likeness (QED) is 0.100. The summed E-state index contributed by atoms with van der Waals surface area (Å²) in [6.45, 7) is 0. The van der Waals surface area contributed by atoms with Gasteiger partial charge in [-0.05, 0) is 131 Å². The van der Waals surface area contributed by atoms with E-state index in [-0.39, 0.29) is 5.92 Å². The molecule has 0 aliphatic heterocycles. The second-order valence-electron chi connectivity index (χ2n) is 20.2. The Morgan fingerprint density at radius 1 is 0.417 bits per heavy atom. The molecule has 0 saturated carbocycles. The zero-order valence-electron chi connectivity index (χ0n) is 40.2. The topological polar surface area (TPSA) is 4.93 Å². The van der Waals surface area contributed by atoms with Crippen LogP contribution in [0.4, 0.5) is 0 Å². The van der Waals surface area contributed by atoms with E-state index in [1.165, 1.54) is 109 Å². The molecule has 2 heteroatoms. The third kappa shape index (κ3) is 6.81. The van der Waals surface area contributed by atoms with Crippen molar-refractivity contribution in [3.05, 3.63) is 311 Å². The van der Waals surface area contributed by atoms with E-state index in [1.807, 2.05) is 0 Å². The zero-order chi connectivity index (χ0) is 47.6. The van der Waals surface area contributed by atoms with Gasteiger partial charge in [0, 0.05) is 28.3 Å². The van der Waals surface area contributed by atoms with Crippen LogP contribution >= 0.6 is 0 Å². The Morgan fingerprint density at radius 3 is 1.69 bits per heavy atom. The molecule has 0 radical (unpaired) electrons. The molecule has 342 valence electrons. The fraction of sp³-hybridized carbons (Fsp3) is 0.0857. The SMILES string of the molecule is C1=CC(c2ccc([Si](c3ccccc3)(c3ccccc3)c3ccc(-n4c5ccccc5c5c6c(ccc54)C(c4ccccc4)c4ccccc4-6)cc3)cc2)CC2=C1CC(Cc1ccccc1)c1ccccc12.